The van der Waals surface area contributed by atoms with Crippen LogP contribution < -0.4 is 21.3 Å². The van der Waals surface area contributed by atoms with Crippen LogP contribution in [0.1, 0.15) is 30.6 Å². The molecule has 0 aliphatic rings. The quantitative estimate of drug-likeness (QED) is 0.311. The largest absolute Gasteiger partial charge is 0.456 e. The van der Waals surface area contributed by atoms with Crippen molar-refractivity contribution < 1.29 is 9.53 Å². The topological polar surface area (TPSA) is 143 Å². The summed E-state index contributed by atoms with van der Waals surface area (Å²) in [5, 5.41) is 7.91. The van der Waals surface area contributed by atoms with E-state index in [1.54, 1.807) is 60.5 Å². The molecule has 3 N–H and O–H groups in total. The first-order valence-corrected chi connectivity index (χ1v) is 12.4. The number of rotatable bonds is 8. The summed E-state index contributed by atoms with van der Waals surface area (Å²) in [5.41, 5.74) is 8.50. The van der Waals surface area contributed by atoms with E-state index in [9.17, 15) is 9.59 Å². The van der Waals surface area contributed by atoms with Gasteiger partial charge in [-0.25, -0.2) is 9.97 Å². The minimum Gasteiger partial charge on any atom is -0.456 e. The molecule has 39 heavy (non-hydrogen) atoms. The minimum atomic E-state index is -0.662. The van der Waals surface area contributed by atoms with Crippen molar-refractivity contribution in [3.05, 3.63) is 77.1 Å². The van der Waals surface area contributed by atoms with Gasteiger partial charge in [0.25, 0.3) is 11.5 Å². The molecule has 0 spiro atoms. The van der Waals surface area contributed by atoms with Gasteiger partial charge >= 0.3 is 0 Å². The number of ether oxygens (including phenoxy) is 1. The molecule has 0 saturated carbocycles. The molecule has 5 aromatic rings. The second-order valence-electron chi connectivity index (χ2n) is 9.26. The zero-order chi connectivity index (χ0) is 27.7. The summed E-state index contributed by atoms with van der Waals surface area (Å²) in [7, 11) is 3.49. The highest BCUT2D eigenvalue weighted by atomic mass is 16.5. The van der Waals surface area contributed by atoms with Crippen molar-refractivity contribution in [3.8, 4) is 34.0 Å². The van der Waals surface area contributed by atoms with Crippen molar-refractivity contribution in [2.45, 2.75) is 26.3 Å². The van der Waals surface area contributed by atoms with Gasteiger partial charge in [-0.3, -0.25) is 23.8 Å². The first-order chi connectivity index (χ1) is 18.7. The molecule has 0 radical (unpaired) electrons. The van der Waals surface area contributed by atoms with Gasteiger partial charge < -0.3 is 15.8 Å². The molecule has 1 unspecified atom stereocenters. The molecule has 0 aliphatic heterocycles. The van der Waals surface area contributed by atoms with Gasteiger partial charge in [0.2, 0.25) is 5.95 Å². The lowest BCUT2D eigenvalue weighted by molar-refractivity contribution is 0.0999. The van der Waals surface area contributed by atoms with E-state index in [1.807, 2.05) is 20.2 Å². The number of hydrogen-bond acceptors (Lipinski definition) is 8. The molecule has 1 aromatic carbocycles. The molecule has 4 heterocycles. The third-order valence-electron chi connectivity index (χ3n) is 6.47. The van der Waals surface area contributed by atoms with Crippen LogP contribution in [0.5, 0.6) is 11.5 Å². The fraction of sp³-hybridized carbons (Fsp3) is 0.214. The number of pyridine rings is 2. The van der Waals surface area contributed by atoms with E-state index in [2.05, 4.69) is 32.3 Å². The first-order valence-electron chi connectivity index (χ1n) is 12.4. The Morgan fingerprint density at radius 2 is 1.92 bits per heavy atom. The van der Waals surface area contributed by atoms with Crippen molar-refractivity contribution >= 4 is 22.8 Å². The van der Waals surface area contributed by atoms with E-state index < -0.39 is 5.91 Å². The predicted molar refractivity (Wildman–Crippen MR) is 149 cm³/mol. The summed E-state index contributed by atoms with van der Waals surface area (Å²) in [6, 6.07) is 10.4. The monoisotopic (exact) mass is 524 g/mol. The molecule has 11 heteroatoms. The van der Waals surface area contributed by atoms with Crippen molar-refractivity contribution in [1.82, 2.24) is 29.3 Å². The summed E-state index contributed by atoms with van der Waals surface area (Å²) < 4.78 is 9.24. The SMILES string of the molecule is CCC(C)Nc1ncc(-c2ccc3c(C(N)=O)c(Oc4ccnc(-c5cnn(C)c5)c4)ccc3n2)c(=O)n1C. The number of carbonyl (C=O) groups is 1. The van der Waals surface area contributed by atoms with Gasteiger partial charge in [0.1, 0.15) is 11.5 Å². The van der Waals surface area contributed by atoms with E-state index >= 15 is 0 Å². The second kappa shape index (κ2) is 10.4. The van der Waals surface area contributed by atoms with Gasteiger partial charge in [-0.1, -0.05) is 6.92 Å². The fourth-order valence-electron chi connectivity index (χ4n) is 4.16. The molecule has 1 atom stereocenters. The third-order valence-corrected chi connectivity index (χ3v) is 6.47. The Bertz CT molecular complexity index is 1760. The van der Waals surface area contributed by atoms with Gasteiger partial charge in [0.15, 0.2) is 0 Å². The Kier molecular flexibility index (Phi) is 6.80. The molecule has 11 nitrogen and oxygen atoms in total. The maximum absolute atomic E-state index is 13.1. The van der Waals surface area contributed by atoms with Gasteiger partial charge in [0, 0.05) is 55.7 Å². The van der Waals surface area contributed by atoms with Gasteiger partial charge in [-0.05, 0) is 43.7 Å². The molecule has 198 valence electrons. The smallest absolute Gasteiger partial charge is 0.264 e. The lowest BCUT2D eigenvalue weighted by atomic mass is 10.0. The Balaban J connectivity index is 1.51. The van der Waals surface area contributed by atoms with Crippen LogP contribution in [0.25, 0.3) is 33.4 Å². The Hall–Kier alpha value is -5.06. The summed E-state index contributed by atoms with van der Waals surface area (Å²) in [4.78, 5) is 39.1. The van der Waals surface area contributed by atoms with Crippen molar-refractivity contribution in [3.63, 3.8) is 0 Å². The number of nitrogens with two attached hydrogens (primary N) is 1. The van der Waals surface area contributed by atoms with Gasteiger partial charge in [-0.2, -0.15) is 5.10 Å². The van der Waals surface area contributed by atoms with E-state index in [1.165, 1.54) is 10.8 Å². The van der Waals surface area contributed by atoms with Crippen LogP contribution in [0.3, 0.4) is 0 Å². The van der Waals surface area contributed by atoms with Crippen LogP contribution in [-0.4, -0.2) is 41.2 Å². The Morgan fingerprint density at radius 3 is 2.64 bits per heavy atom. The zero-order valence-electron chi connectivity index (χ0n) is 22.0. The average molecular weight is 525 g/mol. The maximum atomic E-state index is 13.1. The highest BCUT2D eigenvalue weighted by Crippen LogP contribution is 2.33. The average Bonchev–Trinajstić information content (AvgIpc) is 3.37. The zero-order valence-corrected chi connectivity index (χ0v) is 22.0. The number of benzene rings is 1. The number of fused-ring (bicyclic) bond motifs is 1. The molecule has 5 rings (SSSR count). The van der Waals surface area contributed by atoms with E-state index in [0.717, 1.165) is 12.0 Å². The van der Waals surface area contributed by atoms with Gasteiger partial charge in [-0.15, -0.1) is 0 Å². The molecule has 0 bridgehead atoms. The number of carbonyl (C=O) groups excluding carboxylic acids is 1. The molecule has 0 fully saturated rings. The van der Waals surface area contributed by atoms with Crippen LogP contribution >= 0.6 is 0 Å². The number of aromatic nitrogens is 6. The van der Waals surface area contributed by atoms with E-state index in [4.69, 9.17) is 10.5 Å². The lowest BCUT2D eigenvalue weighted by Gasteiger charge is -2.16. The normalized spacial score (nSPS) is 11.9. The predicted octanol–water partition coefficient (Wildman–Crippen LogP) is 3.89. The lowest BCUT2D eigenvalue weighted by Crippen LogP contribution is -2.26. The first kappa shape index (κ1) is 25.6. The van der Waals surface area contributed by atoms with Crippen molar-refractivity contribution in [2.24, 2.45) is 19.8 Å². The molecular weight excluding hydrogens is 496 g/mol. The summed E-state index contributed by atoms with van der Waals surface area (Å²) in [6.45, 7) is 4.07. The van der Waals surface area contributed by atoms with Crippen molar-refractivity contribution in [2.75, 3.05) is 5.32 Å². The maximum Gasteiger partial charge on any atom is 0.264 e. The van der Waals surface area contributed by atoms with Crippen molar-refractivity contribution in [1.29, 1.82) is 0 Å². The molecular formula is C28H28N8O3. The van der Waals surface area contributed by atoms with Crippen LogP contribution in [-0.2, 0) is 14.1 Å². The summed E-state index contributed by atoms with van der Waals surface area (Å²) in [5.74, 6) is 0.589. The van der Waals surface area contributed by atoms with Crippen LogP contribution in [0.15, 0.2) is 66.0 Å². The number of amides is 1. The van der Waals surface area contributed by atoms with Crippen LogP contribution in [0.4, 0.5) is 5.95 Å². The standard InChI is InChI=1S/C28H28N8O3/c1-5-16(2)33-28-31-14-20(27(38)36(28)4)22-7-6-19-21(34-22)8-9-24(25(19)26(29)37)39-18-10-11-30-23(12-18)17-13-32-35(3)15-17/h6-16H,5H2,1-4H3,(H2,29,37)(H,31,33). The molecule has 0 saturated heterocycles. The Morgan fingerprint density at radius 1 is 1.10 bits per heavy atom. The van der Waals surface area contributed by atoms with E-state index in [-0.39, 0.29) is 22.9 Å². The van der Waals surface area contributed by atoms with E-state index in [0.29, 0.717) is 39.6 Å². The molecule has 1 amide bonds. The number of aryl methyl sites for hydroxylation is 1. The fourth-order valence-corrected chi connectivity index (χ4v) is 4.16. The number of nitrogens with one attached hydrogen (secondary N) is 1. The number of hydrogen-bond donors (Lipinski definition) is 2. The Labute approximate surface area is 224 Å². The number of primary amides is 1. The number of nitrogens with zero attached hydrogens (tertiary/aromatic N) is 6. The van der Waals surface area contributed by atoms with Crippen LogP contribution in [0.2, 0.25) is 0 Å². The summed E-state index contributed by atoms with van der Waals surface area (Å²) >= 11 is 0. The summed E-state index contributed by atoms with van der Waals surface area (Å²) in [6.07, 6.45) is 7.58. The second-order valence-corrected chi connectivity index (χ2v) is 9.26. The number of anilines is 1. The molecule has 4 aromatic heterocycles. The molecule has 0 aliphatic carbocycles. The van der Waals surface area contributed by atoms with Crippen LogP contribution in [0, 0.1) is 0 Å². The highest BCUT2D eigenvalue weighted by molar-refractivity contribution is 6.08. The minimum absolute atomic E-state index is 0.172. The highest BCUT2D eigenvalue weighted by Gasteiger charge is 2.18. The third kappa shape index (κ3) is 5.06. The van der Waals surface area contributed by atoms with Gasteiger partial charge in [0.05, 0.1) is 34.2 Å².